The third kappa shape index (κ3) is 9.27. The van der Waals surface area contributed by atoms with Crippen molar-refractivity contribution in [3.63, 3.8) is 0 Å². The number of benzene rings is 3. The maximum Gasteiger partial charge on any atom is 0.243 e. The summed E-state index contributed by atoms with van der Waals surface area (Å²) in [6.45, 7) is 3.66. The first-order valence-corrected chi connectivity index (χ1v) is 11.8. The molecule has 2 N–H and O–H groups in total. The number of hydrogen-bond acceptors (Lipinski definition) is 4. The Labute approximate surface area is 197 Å². The molecule has 0 radical (unpaired) electrons. The molecule has 5 heteroatoms. The third-order valence-electron chi connectivity index (χ3n) is 5.21. The zero-order valence-electron chi connectivity index (χ0n) is 19.4. The van der Waals surface area contributed by atoms with E-state index in [2.05, 4.69) is 17.6 Å². The molecule has 0 atom stereocenters. The Balaban J connectivity index is 1.34. The maximum absolute atomic E-state index is 12.3. The molecule has 5 nitrogen and oxygen atoms in total. The van der Waals surface area contributed by atoms with Gasteiger partial charge in [0.15, 0.2) is 0 Å². The fraction of sp³-hybridized carbons (Fsp3) is 0.321. The molecular formula is C28H34N2O3. The molecule has 3 rings (SSSR count). The van der Waals surface area contributed by atoms with Gasteiger partial charge < -0.3 is 20.1 Å². The Morgan fingerprint density at radius 1 is 0.727 bits per heavy atom. The van der Waals surface area contributed by atoms with Crippen LogP contribution in [0.1, 0.15) is 44.6 Å². The van der Waals surface area contributed by atoms with E-state index in [9.17, 15) is 4.79 Å². The number of nitrogens with one attached hydrogen (secondary N) is 2. The molecule has 0 saturated carbocycles. The molecule has 0 heterocycles. The summed E-state index contributed by atoms with van der Waals surface area (Å²) in [4.78, 5) is 12.3. The van der Waals surface area contributed by atoms with E-state index < -0.39 is 0 Å². The first-order chi connectivity index (χ1) is 16.2. The number of unbranched alkanes of at least 4 members (excludes halogenated alkanes) is 4. The highest BCUT2D eigenvalue weighted by atomic mass is 16.5. The van der Waals surface area contributed by atoms with Crippen molar-refractivity contribution in [3.8, 4) is 11.5 Å². The third-order valence-corrected chi connectivity index (χ3v) is 5.21. The lowest BCUT2D eigenvalue weighted by Crippen LogP contribution is -2.21. The summed E-state index contributed by atoms with van der Waals surface area (Å²) in [5.74, 6) is 1.51. The van der Waals surface area contributed by atoms with Gasteiger partial charge in [0.1, 0.15) is 18.1 Å². The molecule has 0 aromatic heterocycles. The minimum absolute atomic E-state index is 0.111. The normalized spacial score (nSPS) is 10.5. The summed E-state index contributed by atoms with van der Waals surface area (Å²) in [5.41, 5.74) is 2.73. The second-order valence-electron chi connectivity index (χ2n) is 7.99. The Bertz CT molecular complexity index is 941. The average molecular weight is 447 g/mol. The molecule has 0 bridgehead atoms. The van der Waals surface area contributed by atoms with Crippen LogP contribution in [0.25, 0.3) is 0 Å². The Kier molecular flexibility index (Phi) is 10.1. The van der Waals surface area contributed by atoms with E-state index in [1.165, 1.54) is 25.7 Å². The number of ether oxygens (including phenoxy) is 2. The number of anilines is 2. The van der Waals surface area contributed by atoms with Gasteiger partial charge >= 0.3 is 0 Å². The molecule has 3 aromatic carbocycles. The lowest BCUT2D eigenvalue weighted by Gasteiger charge is -2.10. The number of hydrogen-bond donors (Lipinski definition) is 2. The summed E-state index contributed by atoms with van der Waals surface area (Å²) in [5, 5.41) is 6.03. The van der Waals surface area contributed by atoms with Crippen molar-refractivity contribution >= 4 is 17.3 Å². The molecule has 3 aromatic rings. The fourth-order valence-electron chi connectivity index (χ4n) is 3.33. The van der Waals surface area contributed by atoms with Crippen LogP contribution in [-0.4, -0.2) is 19.1 Å². The minimum atomic E-state index is -0.111. The van der Waals surface area contributed by atoms with Gasteiger partial charge in [-0.15, -0.1) is 0 Å². The van der Waals surface area contributed by atoms with E-state index in [4.69, 9.17) is 9.47 Å². The Hall–Kier alpha value is -3.47. The smallest absolute Gasteiger partial charge is 0.243 e. The number of carbonyl (C=O) groups excluding carboxylic acids is 1. The highest BCUT2D eigenvalue weighted by Crippen LogP contribution is 2.18. The predicted octanol–water partition coefficient (Wildman–Crippen LogP) is 6.67. The first kappa shape index (κ1) is 24.2. The van der Waals surface area contributed by atoms with Crippen LogP contribution in [0.15, 0.2) is 78.9 Å². The average Bonchev–Trinajstić information content (AvgIpc) is 2.86. The summed E-state index contributed by atoms with van der Waals surface area (Å²) in [6.07, 6.45) is 6.12. The Morgan fingerprint density at radius 3 is 2.06 bits per heavy atom. The molecule has 0 saturated heterocycles. The van der Waals surface area contributed by atoms with Crippen molar-refractivity contribution < 1.29 is 14.3 Å². The van der Waals surface area contributed by atoms with Crippen LogP contribution < -0.4 is 20.1 Å². The van der Waals surface area contributed by atoms with Gasteiger partial charge in [0.25, 0.3) is 0 Å². The highest BCUT2D eigenvalue weighted by molar-refractivity contribution is 5.93. The van der Waals surface area contributed by atoms with Crippen molar-refractivity contribution in [2.45, 2.75) is 45.6 Å². The van der Waals surface area contributed by atoms with Crippen molar-refractivity contribution in [2.24, 2.45) is 0 Å². The molecular weight excluding hydrogens is 412 g/mol. The second-order valence-corrected chi connectivity index (χ2v) is 7.99. The maximum atomic E-state index is 12.3. The van der Waals surface area contributed by atoms with Crippen LogP contribution in [0.3, 0.4) is 0 Å². The second kappa shape index (κ2) is 13.8. The van der Waals surface area contributed by atoms with Crippen LogP contribution in [0, 0.1) is 0 Å². The summed E-state index contributed by atoms with van der Waals surface area (Å²) in [6, 6.07) is 25.1. The monoisotopic (exact) mass is 446 g/mol. The standard InChI is InChI=1S/C28H34N2O3/c1-2-3-4-5-9-20-32-26-16-12-24(13-17-26)29-21-28(31)30-25-14-18-27(19-15-25)33-22-23-10-7-6-8-11-23/h6-8,10-19,29H,2-5,9,20-22H2,1H3,(H,30,31). The van der Waals surface area contributed by atoms with E-state index in [1.807, 2.05) is 78.9 Å². The summed E-state index contributed by atoms with van der Waals surface area (Å²) in [7, 11) is 0. The largest absolute Gasteiger partial charge is 0.494 e. The van der Waals surface area contributed by atoms with Gasteiger partial charge in [-0.2, -0.15) is 0 Å². The summed E-state index contributed by atoms with van der Waals surface area (Å²) >= 11 is 0. The van der Waals surface area contributed by atoms with Crippen molar-refractivity contribution in [1.82, 2.24) is 0 Å². The molecule has 33 heavy (non-hydrogen) atoms. The van der Waals surface area contributed by atoms with Crippen LogP contribution in [0.5, 0.6) is 11.5 Å². The molecule has 0 fully saturated rings. The lowest BCUT2D eigenvalue weighted by atomic mass is 10.2. The number of rotatable bonds is 14. The minimum Gasteiger partial charge on any atom is -0.494 e. The number of amides is 1. The van der Waals surface area contributed by atoms with Crippen LogP contribution in [-0.2, 0) is 11.4 Å². The molecule has 0 aliphatic heterocycles. The van der Waals surface area contributed by atoms with E-state index in [0.29, 0.717) is 6.61 Å². The molecule has 0 spiro atoms. The van der Waals surface area contributed by atoms with Gasteiger partial charge in [0, 0.05) is 11.4 Å². The predicted molar refractivity (Wildman–Crippen MR) is 135 cm³/mol. The van der Waals surface area contributed by atoms with Crippen LogP contribution in [0.4, 0.5) is 11.4 Å². The van der Waals surface area contributed by atoms with E-state index >= 15 is 0 Å². The van der Waals surface area contributed by atoms with Crippen LogP contribution in [0.2, 0.25) is 0 Å². The van der Waals surface area contributed by atoms with Gasteiger partial charge in [0.05, 0.1) is 13.2 Å². The van der Waals surface area contributed by atoms with Gasteiger partial charge in [-0.25, -0.2) is 0 Å². The van der Waals surface area contributed by atoms with E-state index in [0.717, 1.165) is 41.5 Å². The van der Waals surface area contributed by atoms with Gasteiger partial charge in [0.2, 0.25) is 5.91 Å². The highest BCUT2D eigenvalue weighted by Gasteiger charge is 2.04. The molecule has 0 aliphatic rings. The zero-order chi connectivity index (χ0) is 23.1. The molecule has 0 unspecified atom stereocenters. The van der Waals surface area contributed by atoms with Crippen molar-refractivity contribution in [3.05, 3.63) is 84.4 Å². The quantitative estimate of drug-likeness (QED) is 0.272. The van der Waals surface area contributed by atoms with E-state index in [1.54, 1.807) is 0 Å². The van der Waals surface area contributed by atoms with Crippen molar-refractivity contribution in [2.75, 3.05) is 23.8 Å². The van der Waals surface area contributed by atoms with Gasteiger partial charge in [-0.1, -0.05) is 62.9 Å². The van der Waals surface area contributed by atoms with Crippen molar-refractivity contribution in [1.29, 1.82) is 0 Å². The Morgan fingerprint density at radius 2 is 1.36 bits per heavy atom. The van der Waals surface area contributed by atoms with E-state index in [-0.39, 0.29) is 12.5 Å². The first-order valence-electron chi connectivity index (χ1n) is 11.8. The summed E-state index contributed by atoms with van der Waals surface area (Å²) < 4.78 is 11.6. The lowest BCUT2D eigenvalue weighted by molar-refractivity contribution is -0.114. The van der Waals surface area contributed by atoms with Gasteiger partial charge in [-0.3, -0.25) is 4.79 Å². The van der Waals surface area contributed by atoms with Crippen LogP contribution >= 0.6 is 0 Å². The molecule has 0 aliphatic carbocycles. The number of carbonyl (C=O) groups is 1. The zero-order valence-corrected chi connectivity index (χ0v) is 19.4. The van der Waals surface area contributed by atoms with Gasteiger partial charge in [-0.05, 0) is 60.5 Å². The topological polar surface area (TPSA) is 59.6 Å². The fourth-order valence-corrected chi connectivity index (χ4v) is 3.33. The molecule has 174 valence electrons. The SMILES string of the molecule is CCCCCCCOc1ccc(NCC(=O)Nc2ccc(OCc3ccccc3)cc2)cc1. The molecule has 1 amide bonds.